The molecule has 1 unspecified atom stereocenters. The van der Waals surface area contributed by atoms with Crippen molar-refractivity contribution in [1.82, 2.24) is 0 Å². The van der Waals surface area contributed by atoms with Crippen LogP contribution in [0, 0.1) is 5.82 Å². The molecule has 15 heavy (non-hydrogen) atoms. The molecule has 0 heterocycles. The summed E-state index contributed by atoms with van der Waals surface area (Å²) in [5.41, 5.74) is 6.81. The first-order valence-corrected chi connectivity index (χ1v) is 5.76. The van der Waals surface area contributed by atoms with E-state index in [-0.39, 0.29) is 11.9 Å². The summed E-state index contributed by atoms with van der Waals surface area (Å²) in [6, 6.07) is 4.84. The lowest BCUT2D eigenvalue weighted by atomic mass is 10.0. The van der Waals surface area contributed by atoms with Gasteiger partial charge in [-0.1, -0.05) is 18.2 Å². The van der Waals surface area contributed by atoms with Gasteiger partial charge in [0.25, 0.3) is 0 Å². The molecule has 0 saturated carbocycles. The van der Waals surface area contributed by atoms with Crippen molar-refractivity contribution in [3.63, 3.8) is 0 Å². The van der Waals surface area contributed by atoms with Crippen LogP contribution in [0.5, 0.6) is 0 Å². The molecule has 1 atom stereocenters. The van der Waals surface area contributed by atoms with Gasteiger partial charge >= 0.3 is 0 Å². The molecule has 0 spiro atoms. The SMILES string of the molecule is C=CCCCC(N)c1cccc(F)c1Br. The van der Waals surface area contributed by atoms with Crippen molar-refractivity contribution in [3.05, 3.63) is 46.7 Å². The predicted octanol–water partition coefficient (Wildman–Crippen LogP) is 3.94. The number of unbranched alkanes of at least 4 members (excludes halogenated alkanes) is 1. The molecule has 3 heteroatoms. The summed E-state index contributed by atoms with van der Waals surface area (Å²) in [6.07, 6.45) is 4.63. The number of hydrogen-bond donors (Lipinski definition) is 1. The van der Waals surface area contributed by atoms with Crippen LogP contribution in [0.4, 0.5) is 4.39 Å². The van der Waals surface area contributed by atoms with E-state index in [0.717, 1.165) is 24.8 Å². The number of nitrogens with two attached hydrogens (primary N) is 1. The molecule has 82 valence electrons. The van der Waals surface area contributed by atoms with Gasteiger partial charge in [0.2, 0.25) is 0 Å². The topological polar surface area (TPSA) is 26.0 Å². The van der Waals surface area contributed by atoms with Crippen molar-refractivity contribution >= 4 is 15.9 Å². The van der Waals surface area contributed by atoms with E-state index in [1.54, 1.807) is 6.07 Å². The van der Waals surface area contributed by atoms with Gasteiger partial charge in [-0.05, 0) is 46.8 Å². The molecular weight excluding hydrogens is 257 g/mol. The molecule has 2 N–H and O–H groups in total. The monoisotopic (exact) mass is 271 g/mol. The second-order valence-corrected chi connectivity index (χ2v) is 4.26. The third-order valence-corrected chi connectivity index (χ3v) is 3.14. The molecule has 1 nitrogen and oxygen atoms in total. The minimum Gasteiger partial charge on any atom is -0.324 e. The van der Waals surface area contributed by atoms with Gasteiger partial charge in [-0.15, -0.1) is 6.58 Å². The lowest BCUT2D eigenvalue weighted by molar-refractivity contribution is 0.589. The molecule has 1 rings (SSSR count). The maximum absolute atomic E-state index is 13.2. The minimum absolute atomic E-state index is 0.116. The Balaban J connectivity index is 2.68. The maximum atomic E-state index is 13.2. The highest BCUT2D eigenvalue weighted by molar-refractivity contribution is 9.10. The summed E-state index contributed by atoms with van der Waals surface area (Å²) in [4.78, 5) is 0. The van der Waals surface area contributed by atoms with E-state index in [1.165, 1.54) is 6.07 Å². The van der Waals surface area contributed by atoms with Gasteiger partial charge in [-0.2, -0.15) is 0 Å². The molecule has 1 aromatic carbocycles. The third kappa shape index (κ3) is 3.43. The van der Waals surface area contributed by atoms with Crippen molar-refractivity contribution < 1.29 is 4.39 Å². The van der Waals surface area contributed by atoms with E-state index in [0.29, 0.717) is 4.47 Å². The van der Waals surface area contributed by atoms with Gasteiger partial charge in [-0.3, -0.25) is 0 Å². The number of benzene rings is 1. The predicted molar refractivity (Wildman–Crippen MR) is 65.1 cm³/mol. The number of halogens is 2. The van der Waals surface area contributed by atoms with E-state index in [1.807, 2.05) is 12.1 Å². The van der Waals surface area contributed by atoms with Crippen molar-refractivity contribution in [1.29, 1.82) is 0 Å². The van der Waals surface area contributed by atoms with Crippen LogP contribution in [0.1, 0.15) is 30.9 Å². The minimum atomic E-state index is -0.258. The smallest absolute Gasteiger partial charge is 0.137 e. The van der Waals surface area contributed by atoms with E-state index < -0.39 is 0 Å². The molecular formula is C12H15BrFN. The second-order valence-electron chi connectivity index (χ2n) is 3.47. The van der Waals surface area contributed by atoms with Crippen LogP contribution in [0.2, 0.25) is 0 Å². The fourth-order valence-corrected chi connectivity index (χ4v) is 2.00. The number of rotatable bonds is 5. The summed E-state index contributed by atoms with van der Waals surface area (Å²) in [6.45, 7) is 3.65. The van der Waals surface area contributed by atoms with Crippen LogP contribution in [-0.2, 0) is 0 Å². The Labute approximate surface area is 98.3 Å². The maximum Gasteiger partial charge on any atom is 0.137 e. The first-order chi connectivity index (χ1) is 7.16. The lowest BCUT2D eigenvalue weighted by Crippen LogP contribution is -2.11. The highest BCUT2D eigenvalue weighted by Gasteiger charge is 2.11. The summed E-state index contributed by atoms with van der Waals surface area (Å²) < 4.78 is 13.7. The summed E-state index contributed by atoms with van der Waals surface area (Å²) >= 11 is 3.21. The van der Waals surface area contributed by atoms with Crippen LogP contribution in [0.25, 0.3) is 0 Å². The van der Waals surface area contributed by atoms with Crippen molar-refractivity contribution in [2.45, 2.75) is 25.3 Å². The van der Waals surface area contributed by atoms with Gasteiger partial charge in [0.1, 0.15) is 5.82 Å². The van der Waals surface area contributed by atoms with Crippen LogP contribution in [0.3, 0.4) is 0 Å². The fourth-order valence-electron chi connectivity index (χ4n) is 1.44. The fraction of sp³-hybridized carbons (Fsp3) is 0.333. The molecule has 0 radical (unpaired) electrons. The van der Waals surface area contributed by atoms with Crippen molar-refractivity contribution in [2.24, 2.45) is 5.73 Å². The molecule has 0 aliphatic heterocycles. The normalized spacial score (nSPS) is 12.5. The molecule has 0 aliphatic rings. The first kappa shape index (κ1) is 12.4. The highest BCUT2D eigenvalue weighted by Crippen LogP contribution is 2.27. The molecule has 1 aromatic rings. The second kappa shape index (κ2) is 6.03. The Morgan fingerprint density at radius 3 is 2.93 bits per heavy atom. The summed E-state index contributed by atoms with van der Waals surface area (Å²) in [5, 5.41) is 0. The van der Waals surface area contributed by atoms with Gasteiger partial charge in [0, 0.05) is 6.04 Å². The Hall–Kier alpha value is -0.670. The van der Waals surface area contributed by atoms with E-state index >= 15 is 0 Å². The quantitative estimate of drug-likeness (QED) is 0.637. The Kier molecular flexibility index (Phi) is 4.99. The van der Waals surface area contributed by atoms with Crippen LogP contribution < -0.4 is 5.73 Å². The standard InChI is InChI=1S/C12H15BrFN/c1-2-3-4-8-11(15)9-6-5-7-10(14)12(9)13/h2,5-7,11H,1,3-4,8,15H2. The van der Waals surface area contributed by atoms with E-state index in [2.05, 4.69) is 22.5 Å². The van der Waals surface area contributed by atoms with Gasteiger partial charge < -0.3 is 5.73 Å². The molecule has 0 saturated heterocycles. The van der Waals surface area contributed by atoms with Crippen LogP contribution >= 0.6 is 15.9 Å². The average molecular weight is 272 g/mol. The molecule has 0 fully saturated rings. The van der Waals surface area contributed by atoms with Crippen LogP contribution in [-0.4, -0.2) is 0 Å². The van der Waals surface area contributed by atoms with Crippen LogP contribution in [0.15, 0.2) is 35.3 Å². The van der Waals surface area contributed by atoms with E-state index in [9.17, 15) is 4.39 Å². The zero-order valence-corrected chi connectivity index (χ0v) is 10.1. The molecule has 0 bridgehead atoms. The third-order valence-electron chi connectivity index (χ3n) is 2.30. The lowest BCUT2D eigenvalue weighted by Gasteiger charge is -2.13. The van der Waals surface area contributed by atoms with Gasteiger partial charge in [-0.25, -0.2) is 4.39 Å². The number of allylic oxidation sites excluding steroid dienone is 1. The first-order valence-electron chi connectivity index (χ1n) is 4.97. The largest absolute Gasteiger partial charge is 0.324 e. The van der Waals surface area contributed by atoms with Crippen molar-refractivity contribution in [2.75, 3.05) is 0 Å². The average Bonchev–Trinajstić information content (AvgIpc) is 2.22. The summed E-state index contributed by atoms with van der Waals surface area (Å²) in [7, 11) is 0. The zero-order valence-electron chi connectivity index (χ0n) is 8.55. The van der Waals surface area contributed by atoms with Gasteiger partial charge in [0.05, 0.1) is 4.47 Å². The molecule has 0 aliphatic carbocycles. The molecule has 0 aromatic heterocycles. The molecule has 0 amide bonds. The van der Waals surface area contributed by atoms with E-state index in [4.69, 9.17) is 5.73 Å². The Morgan fingerprint density at radius 2 is 2.27 bits per heavy atom. The summed E-state index contributed by atoms with van der Waals surface area (Å²) in [5.74, 6) is -0.258. The Morgan fingerprint density at radius 1 is 1.53 bits per heavy atom. The van der Waals surface area contributed by atoms with Gasteiger partial charge in [0.15, 0.2) is 0 Å². The Bertz CT molecular complexity index is 338. The number of hydrogen-bond acceptors (Lipinski definition) is 1. The van der Waals surface area contributed by atoms with Crippen molar-refractivity contribution in [3.8, 4) is 0 Å². The highest BCUT2D eigenvalue weighted by atomic mass is 79.9. The zero-order chi connectivity index (χ0) is 11.3.